The van der Waals surface area contributed by atoms with Gasteiger partial charge >= 0.3 is 0 Å². The van der Waals surface area contributed by atoms with Crippen molar-refractivity contribution in [1.29, 1.82) is 0 Å². The van der Waals surface area contributed by atoms with Crippen molar-refractivity contribution in [2.75, 3.05) is 33.9 Å². The molecule has 1 aromatic rings. The van der Waals surface area contributed by atoms with Crippen LogP contribution in [-0.4, -0.2) is 58.8 Å². The Morgan fingerprint density at radius 1 is 1.23 bits per heavy atom. The van der Waals surface area contributed by atoms with Crippen LogP contribution >= 0.6 is 24.0 Å². The summed E-state index contributed by atoms with van der Waals surface area (Å²) in [7, 11) is 2.46. The molecule has 1 rings (SSSR count). The second kappa shape index (κ2) is 10.4. The number of nitrogens with one attached hydrogen (secondary N) is 2. The van der Waals surface area contributed by atoms with Gasteiger partial charge < -0.3 is 15.5 Å². The maximum absolute atomic E-state index is 13.6. The van der Waals surface area contributed by atoms with Gasteiger partial charge in [-0.15, -0.1) is 24.0 Å². The number of aliphatic imine (C=N–C) groups is 1. The summed E-state index contributed by atoms with van der Waals surface area (Å²) in [6.45, 7) is 5.15. The van der Waals surface area contributed by atoms with E-state index in [1.807, 2.05) is 14.1 Å². The lowest BCUT2D eigenvalue weighted by molar-refractivity contribution is 0.197. The quantitative estimate of drug-likeness (QED) is 0.341. The van der Waals surface area contributed by atoms with E-state index in [-0.39, 0.29) is 41.8 Å². The van der Waals surface area contributed by atoms with E-state index in [0.717, 1.165) is 6.26 Å². The number of benzene rings is 1. The predicted octanol–water partition coefficient (Wildman–Crippen LogP) is 1.99. The Hall–Kier alpha value is -0.940. The number of halogens is 2. The van der Waals surface area contributed by atoms with Crippen molar-refractivity contribution in [3.8, 4) is 0 Å². The van der Waals surface area contributed by atoms with Crippen LogP contribution in [0.15, 0.2) is 23.2 Å². The SMILES string of the molecule is CN=C(NCc1cc(F)ccc1CS(C)(=O)=O)NCC(C)(C)N(C)C.I. The van der Waals surface area contributed by atoms with Gasteiger partial charge in [-0.3, -0.25) is 4.99 Å². The summed E-state index contributed by atoms with van der Waals surface area (Å²) in [5.74, 6) is 0.0551. The minimum Gasteiger partial charge on any atom is -0.355 e. The molecule has 0 aliphatic rings. The molecule has 0 amide bonds. The summed E-state index contributed by atoms with van der Waals surface area (Å²) >= 11 is 0. The lowest BCUT2D eigenvalue weighted by Gasteiger charge is -2.33. The summed E-state index contributed by atoms with van der Waals surface area (Å²) in [6, 6.07) is 4.14. The molecule has 0 radical (unpaired) electrons. The zero-order valence-electron chi connectivity index (χ0n) is 16.3. The lowest BCUT2D eigenvalue weighted by Crippen LogP contribution is -2.50. The lowest BCUT2D eigenvalue weighted by atomic mass is 10.0. The largest absolute Gasteiger partial charge is 0.355 e. The normalized spacial score (nSPS) is 12.7. The number of nitrogens with zero attached hydrogens (tertiary/aromatic N) is 2. The molecule has 0 saturated carbocycles. The molecule has 2 N–H and O–H groups in total. The minimum atomic E-state index is -3.20. The van der Waals surface area contributed by atoms with Crippen LogP contribution in [0.1, 0.15) is 25.0 Å². The zero-order chi connectivity index (χ0) is 19.3. The highest BCUT2D eigenvalue weighted by atomic mass is 127. The van der Waals surface area contributed by atoms with E-state index >= 15 is 0 Å². The van der Waals surface area contributed by atoms with E-state index in [9.17, 15) is 12.8 Å². The van der Waals surface area contributed by atoms with Gasteiger partial charge in [0.25, 0.3) is 0 Å². The fraction of sp³-hybridized carbons (Fsp3) is 0.588. The number of sulfone groups is 1. The molecule has 1 aromatic carbocycles. The van der Waals surface area contributed by atoms with Crippen LogP contribution < -0.4 is 10.6 Å². The topological polar surface area (TPSA) is 73.8 Å². The first-order valence-electron chi connectivity index (χ1n) is 8.01. The van der Waals surface area contributed by atoms with Crippen molar-refractivity contribution in [2.24, 2.45) is 4.99 Å². The third-order valence-electron chi connectivity index (χ3n) is 4.15. The van der Waals surface area contributed by atoms with Crippen LogP contribution in [0.3, 0.4) is 0 Å². The molecule has 9 heteroatoms. The molecule has 0 fully saturated rings. The second-order valence-electron chi connectivity index (χ2n) is 6.97. The standard InChI is InChI=1S/C17H29FN4O2S.HI/c1-17(2,22(4)5)12-21-16(19-3)20-10-14-9-15(18)8-7-13(14)11-25(6,23)24;/h7-9H,10-12H2,1-6H3,(H2,19,20,21);1H. The molecule has 0 aliphatic carbocycles. The molecule has 0 heterocycles. The molecular formula is C17H30FIN4O2S. The first-order chi connectivity index (χ1) is 11.4. The Morgan fingerprint density at radius 2 is 1.85 bits per heavy atom. The Labute approximate surface area is 173 Å². The average molecular weight is 500 g/mol. The molecule has 0 aromatic heterocycles. The molecular weight excluding hydrogens is 470 g/mol. The van der Waals surface area contributed by atoms with Crippen LogP contribution in [0.2, 0.25) is 0 Å². The Bertz CT molecular complexity index is 721. The molecule has 0 unspecified atom stereocenters. The summed E-state index contributed by atoms with van der Waals surface area (Å²) in [5, 5.41) is 6.34. The van der Waals surface area contributed by atoms with E-state index in [1.165, 1.54) is 18.2 Å². The number of hydrogen-bond donors (Lipinski definition) is 2. The molecule has 26 heavy (non-hydrogen) atoms. The van der Waals surface area contributed by atoms with Gasteiger partial charge in [0, 0.05) is 31.9 Å². The number of likely N-dealkylation sites (N-methyl/N-ethyl adjacent to an activating group) is 1. The van der Waals surface area contributed by atoms with Gasteiger partial charge in [0.15, 0.2) is 15.8 Å². The highest BCUT2D eigenvalue weighted by molar-refractivity contribution is 14.0. The van der Waals surface area contributed by atoms with Gasteiger partial charge in [0.1, 0.15) is 5.82 Å². The fourth-order valence-electron chi connectivity index (χ4n) is 2.04. The predicted molar refractivity (Wildman–Crippen MR) is 116 cm³/mol. The smallest absolute Gasteiger partial charge is 0.191 e. The highest BCUT2D eigenvalue weighted by Gasteiger charge is 2.20. The van der Waals surface area contributed by atoms with Crippen molar-refractivity contribution >= 4 is 39.8 Å². The van der Waals surface area contributed by atoms with E-state index in [0.29, 0.717) is 23.6 Å². The first-order valence-corrected chi connectivity index (χ1v) is 10.1. The molecule has 0 bridgehead atoms. The van der Waals surface area contributed by atoms with Crippen LogP contribution in [0.5, 0.6) is 0 Å². The van der Waals surface area contributed by atoms with Crippen LogP contribution in [0.25, 0.3) is 0 Å². The Morgan fingerprint density at radius 3 is 2.35 bits per heavy atom. The molecule has 0 atom stereocenters. The summed E-state index contributed by atoms with van der Waals surface area (Å²) in [6.07, 6.45) is 1.16. The minimum absolute atomic E-state index is 0. The van der Waals surface area contributed by atoms with Crippen molar-refractivity contribution in [3.05, 3.63) is 35.1 Å². The van der Waals surface area contributed by atoms with E-state index in [2.05, 4.69) is 34.4 Å². The fourth-order valence-corrected chi connectivity index (χ4v) is 2.89. The molecule has 0 spiro atoms. The monoisotopic (exact) mass is 500 g/mol. The Balaban J connectivity index is 0.00000625. The van der Waals surface area contributed by atoms with Gasteiger partial charge in [-0.1, -0.05) is 6.07 Å². The number of hydrogen-bond acceptors (Lipinski definition) is 4. The van der Waals surface area contributed by atoms with Crippen molar-refractivity contribution in [1.82, 2.24) is 15.5 Å². The number of rotatable bonds is 7. The summed E-state index contributed by atoms with van der Waals surface area (Å²) < 4.78 is 36.7. The van der Waals surface area contributed by atoms with Gasteiger partial charge in [-0.2, -0.15) is 0 Å². The second-order valence-corrected chi connectivity index (χ2v) is 9.11. The highest BCUT2D eigenvalue weighted by Crippen LogP contribution is 2.14. The summed E-state index contributed by atoms with van der Waals surface area (Å²) in [4.78, 5) is 6.26. The van der Waals surface area contributed by atoms with Crippen molar-refractivity contribution in [3.63, 3.8) is 0 Å². The van der Waals surface area contributed by atoms with E-state index in [1.54, 1.807) is 7.05 Å². The molecule has 6 nitrogen and oxygen atoms in total. The van der Waals surface area contributed by atoms with Gasteiger partial charge in [-0.25, -0.2) is 12.8 Å². The van der Waals surface area contributed by atoms with E-state index in [4.69, 9.17) is 0 Å². The third-order valence-corrected chi connectivity index (χ3v) is 4.99. The van der Waals surface area contributed by atoms with Gasteiger partial charge in [0.2, 0.25) is 0 Å². The molecule has 0 aliphatic heterocycles. The van der Waals surface area contributed by atoms with Gasteiger partial charge in [-0.05, 0) is 51.2 Å². The van der Waals surface area contributed by atoms with Gasteiger partial charge in [0.05, 0.1) is 5.75 Å². The molecule has 0 saturated heterocycles. The maximum Gasteiger partial charge on any atom is 0.191 e. The van der Waals surface area contributed by atoms with Crippen molar-refractivity contribution in [2.45, 2.75) is 31.7 Å². The summed E-state index contributed by atoms with van der Waals surface area (Å²) in [5.41, 5.74) is 1.11. The number of guanidine groups is 1. The van der Waals surface area contributed by atoms with Crippen LogP contribution in [0.4, 0.5) is 4.39 Å². The molecule has 150 valence electrons. The van der Waals surface area contributed by atoms with Crippen LogP contribution in [0, 0.1) is 5.82 Å². The Kier molecular flexibility index (Phi) is 10.0. The maximum atomic E-state index is 13.6. The van der Waals surface area contributed by atoms with E-state index < -0.39 is 15.7 Å². The van der Waals surface area contributed by atoms with Crippen molar-refractivity contribution < 1.29 is 12.8 Å². The first kappa shape index (κ1) is 25.1. The van der Waals surface area contributed by atoms with Crippen LogP contribution in [-0.2, 0) is 22.1 Å². The average Bonchev–Trinajstić information content (AvgIpc) is 2.48. The third kappa shape index (κ3) is 8.63. The zero-order valence-corrected chi connectivity index (χ0v) is 19.4.